The molecule has 0 N–H and O–H groups in total. The number of likely N-dealkylation sites (N-methyl/N-ethyl adjacent to an activating group) is 1. The largest absolute Gasteiger partial charge is 0.497 e. The zero-order chi connectivity index (χ0) is 30.2. The van der Waals surface area contributed by atoms with Crippen LogP contribution in [-0.2, 0) is 11.2 Å². The summed E-state index contributed by atoms with van der Waals surface area (Å²) in [5.41, 5.74) is 1.64. The molecule has 12 heteroatoms. The van der Waals surface area contributed by atoms with Gasteiger partial charge in [-0.3, -0.25) is 9.59 Å². The number of rotatable bonds is 11. The van der Waals surface area contributed by atoms with Crippen molar-refractivity contribution in [2.45, 2.75) is 24.5 Å². The number of carbonyl (C=O) groups excluding carboxylic acids is 2. The van der Waals surface area contributed by atoms with Gasteiger partial charge in [-0.15, -0.1) is 0 Å². The van der Waals surface area contributed by atoms with Crippen LogP contribution in [0.2, 0.25) is 5.15 Å². The lowest BCUT2D eigenvalue weighted by Gasteiger charge is -2.40. The number of halogens is 1. The molecule has 42 heavy (non-hydrogen) atoms. The van der Waals surface area contributed by atoms with E-state index in [1.165, 1.54) is 11.8 Å². The first kappa shape index (κ1) is 31.2. The Kier molecular flexibility index (Phi) is 10.8. The Hall–Kier alpha value is -3.70. The van der Waals surface area contributed by atoms with Crippen LogP contribution < -0.4 is 19.1 Å². The van der Waals surface area contributed by atoms with Crippen LogP contribution in [0.1, 0.15) is 22.8 Å². The van der Waals surface area contributed by atoms with Crippen LogP contribution in [0, 0.1) is 0 Å². The van der Waals surface area contributed by atoms with E-state index in [1.807, 2.05) is 42.2 Å². The van der Waals surface area contributed by atoms with E-state index in [2.05, 4.69) is 14.9 Å². The second-order valence-electron chi connectivity index (χ2n) is 9.90. The molecule has 224 valence electrons. The SMILES string of the molecule is COc1cccc(C(=O)N2CCN(c3cc(Cl)nc(SCC(=O)N(C)CCc4ccc(OC)c(OC)c4)n3)CC2C)c1. The fourth-order valence-electron chi connectivity index (χ4n) is 4.70. The summed E-state index contributed by atoms with van der Waals surface area (Å²) < 4.78 is 15.9. The molecule has 1 atom stereocenters. The van der Waals surface area contributed by atoms with Crippen LogP contribution in [0.5, 0.6) is 17.2 Å². The molecule has 0 radical (unpaired) electrons. The van der Waals surface area contributed by atoms with Crippen molar-refractivity contribution in [2.24, 2.45) is 0 Å². The highest BCUT2D eigenvalue weighted by Gasteiger charge is 2.29. The molecule has 3 aromatic rings. The van der Waals surface area contributed by atoms with Crippen molar-refractivity contribution < 1.29 is 23.8 Å². The van der Waals surface area contributed by atoms with Crippen LogP contribution in [0.25, 0.3) is 0 Å². The van der Waals surface area contributed by atoms with E-state index in [9.17, 15) is 9.59 Å². The first-order valence-electron chi connectivity index (χ1n) is 13.5. The minimum Gasteiger partial charge on any atom is -0.497 e. The second kappa shape index (κ2) is 14.5. The molecule has 0 spiro atoms. The van der Waals surface area contributed by atoms with Crippen LogP contribution in [-0.4, -0.2) is 97.9 Å². The summed E-state index contributed by atoms with van der Waals surface area (Å²) in [6, 6.07) is 14.6. The number of carbonyl (C=O) groups is 2. The molecule has 1 fully saturated rings. The van der Waals surface area contributed by atoms with Crippen molar-refractivity contribution >= 4 is 41.0 Å². The van der Waals surface area contributed by atoms with E-state index in [0.29, 0.717) is 71.5 Å². The molecule has 1 aliphatic heterocycles. The van der Waals surface area contributed by atoms with E-state index in [4.69, 9.17) is 25.8 Å². The summed E-state index contributed by atoms with van der Waals surface area (Å²) in [6.45, 7) is 4.28. The lowest BCUT2D eigenvalue weighted by molar-refractivity contribution is -0.127. The smallest absolute Gasteiger partial charge is 0.254 e. The molecular formula is C30H36ClN5O5S. The Morgan fingerprint density at radius 1 is 1.02 bits per heavy atom. The maximum Gasteiger partial charge on any atom is 0.254 e. The summed E-state index contributed by atoms with van der Waals surface area (Å²) in [5.74, 6) is 2.76. The number of aromatic nitrogens is 2. The highest BCUT2D eigenvalue weighted by atomic mass is 35.5. The van der Waals surface area contributed by atoms with Gasteiger partial charge in [0.15, 0.2) is 16.7 Å². The number of amides is 2. The van der Waals surface area contributed by atoms with E-state index in [1.54, 1.807) is 51.5 Å². The number of hydrogen-bond acceptors (Lipinski definition) is 9. The summed E-state index contributed by atoms with van der Waals surface area (Å²) in [7, 11) is 6.56. The Labute approximate surface area is 255 Å². The first-order chi connectivity index (χ1) is 20.2. The standard InChI is InChI=1S/C30H36ClN5O5S/c1-20-18-35(13-14-36(20)29(38)22-7-6-8-23(16-22)39-3)27-17-26(31)32-30(33-27)42-19-28(37)34(2)12-11-21-9-10-24(40-4)25(15-21)41-5/h6-10,15-17,20H,11-14,18-19H2,1-5H3. The average Bonchev–Trinajstić information content (AvgIpc) is 3.01. The third-order valence-corrected chi connectivity index (χ3v) is 8.15. The lowest BCUT2D eigenvalue weighted by Crippen LogP contribution is -2.54. The third-order valence-electron chi connectivity index (χ3n) is 7.12. The van der Waals surface area contributed by atoms with Crippen molar-refractivity contribution in [1.82, 2.24) is 19.8 Å². The third kappa shape index (κ3) is 7.77. The Morgan fingerprint density at radius 3 is 2.52 bits per heavy atom. The Balaban J connectivity index is 1.32. The number of ether oxygens (including phenoxy) is 3. The molecule has 4 rings (SSSR count). The summed E-state index contributed by atoms with van der Waals surface area (Å²) in [4.78, 5) is 40.7. The summed E-state index contributed by atoms with van der Waals surface area (Å²) >= 11 is 7.60. The molecule has 1 aliphatic rings. The van der Waals surface area contributed by atoms with Gasteiger partial charge >= 0.3 is 0 Å². The van der Waals surface area contributed by atoms with E-state index in [-0.39, 0.29) is 23.6 Å². The van der Waals surface area contributed by atoms with Crippen molar-refractivity contribution in [3.63, 3.8) is 0 Å². The molecule has 1 aromatic heterocycles. The maximum atomic E-state index is 13.2. The highest BCUT2D eigenvalue weighted by Crippen LogP contribution is 2.28. The molecule has 1 unspecified atom stereocenters. The summed E-state index contributed by atoms with van der Waals surface area (Å²) in [6.07, 6.45) is 0.676. The van der Waals surface area contributed by atoms with Crippen molar-refractivity contribution in [3.8, 4) is 17.2 Å². The average molecular weight is 614 g/mol. The quantitative estimate of drug-likeness (QED) is 0.178. The van der Waals surface area contributed by atoms with Gasteiger partial charge in [0, 0.05) is 50.9 Å². The molecule has 2 heterocycles. The molecule has 2 amide bonds. The van der Waals surface area contributed by atoms with Gasteiger partial charge in [-0.05, 0) is 49.2 Å². The predicted molar refractivity (Wildman–Crippen MR) is 164 cm³/mol. The van der Waals surface area contributed by atoms with Gasteiger partial charge in [-0.2, -0.15) is 0 Å². The number of nitrogens with zero attached hydrogens (tertiary/aromatic N) is 5. The molecular weight excluding hydrogens is 578 g/mol. The number of benzene rings is 2. The fourth-order valence-corrected chi connectivity index (χ4v) is 5.72. The highest BCUT2D eigenvalue weighted by molar-refractivity contribution is 7.99. The van der Waals surface area contributed by atoms with Gasteiger partial charge in [0.25, 0.3) is 5.91 Å². The number of piperazine rings is 1. The number of thioether (sulfide) groups is 1. The zero-order valence-electron chi connectivity index (χ0n) is 24.5. The molecule has 0 bridgehead atoms. The van der Waals surface area contributed by atoms with Gasteiger partial charge in [-0.25, -0.2) is 9.97 Å². The summed E-state index contributed by atoms with van der Waals surface area (Å²) in [5, 5.41) is 0.737. The van der Waals surface area contributed by atoms with Gasteiger partial charge in [0.2, 0.25) is 5.91 Å². The molecule has 0 aliphatic carbocycles. The van der Waals surface area contributed by atoms with Gasteiger partial charge in [0.1, 0.15) is 16.7 Å². The van der Waals surface area contributed by atoms with Gasteiger partial charge < -0.3 is 28.9 Å². The number of hydrogen-bond donors (Lipinski definition) is 0. The van der Waals surface area contributed by atoms with Gasteiger partial charge in [-0.1, -0.05) is 35.5 Å². The van der Waals surface area contributed by atoms with Crippen molar-refractivity contribution in [2.75, 3.05) is 65.2 Å². The normalized spacial score (nSPS) is 14.9. The minimum absolute atomic E-state index is 0.0354. The Morgan fingerprint density at radius 2 is 1.81 bits per heavy atom. The lowest BCUT2D eigenvalue weighted by atomic mass is 10.1. The molecule has 0 saturated carbocycles. The van der Waals surface area contributed by atoms with Crippen LogP contribution in [0.3, 0.4) is 0 Å². The van der Waals surface area contributed by atoms with Crippen LogP contribution >= 0.6 is 23.4 Å². The zero-order valence-corrected chi connectivity index (χ0v) is 26.1. The van der Waals surface area contributed by atoms with E-state index >= 15 is 0 Å². The fraction of sp³-hybridized carbons (Fsp3) is 0.400. The maximum absolute atomic E-state index is 13.2. The number of anilines is 1. The molecule has 1 saturated heterocycles. The molecule has 10 nitrogen and oxygen atoms in total. The van der Waals surface area contributed by atoms with Crippen molar-refractivity contribution in [3.05, 3.63) is 64.8 Å². The first-order valence-corrected chi connectivity index (χ1v) is 14.9. The second-order valence-corrected chi connectivity index (χ2v) is 11.2. The van der Waals surface area contributed by atoms with E-state index < -0.39 is 0 Å². The topological polar surface area (TPSA) is 97.3 Å². The van der Waals surface area contributed by atoms with E-state index in [0.717, 1.165) is 5.56 Å². The number of methoxy groups -OCH3 is 3. The van der Waals surface area contributed by atoms with Gasteiger partial charge in [0.05, 0.1) is 27.1 Å². The van der Waals surface area contributed by atoms with Crippen LogP contribution in [0.4, 0.5) is 5.82 Å². The minimum atomic E-state index is -0.0526. The molecule has 2 aromatic carbocycles. The van der Waals surface area contributed by atoms with Crippen LogP contribution in [0.15, 0.2) is 53.7 Å². The monoisotopic (exact) mass is 613 g/mol. The van der Waals surface area contributed by atoms with Crippen molar-refractivity contribution in [1.29, 1.82) is 0 Å². The Bertz CT molecular complexity index is 1410. The predicted octanol–water partition coefficient (Wildman–Crippen LogP) is 4.30.